The highest BCUT2D eigenvalue weighted by atomic mass is 16.3. The van der Waals surface area contributed by atoms with Gasteiger partial charge in [0, 0.05) is 19.6 Å². The van der Waals surface area contributed by atoms with Crippen molar-refractivity contribution < 1.29 is 9.90 Å². The molecule has 1 N–H and O–H groups in total. The van der Waals surface area contributed by atoms with Crippen LogP contribution < -0.4 is 0 Å². The number of likely N-dealkylation sites (N-methyl/N-ethyl adjacent to an activating group) is 2. The van der Waals surface area contributed by atoms with E-state index < -0.39 is 0 Å². The summed E-state index contributed by atoms with van der Waals surface area (Å²) in [5.74, 6) is 1.01. The average Bonchev–Trinajstić information content (AvgIpc) is 2.36. The predicted molar refractivity (Wildman–Crippen MR) is 78.0 cm³/mol. The van der Waals surface area contributed by atoms with Crippen LogP contribution in [-0.2, 0) is 4.79 Å². The molecule has 0 aromatic carbocycles. The van der Waals surface area contributed by atoms with E-state index in [4.69, 9.17) is 0 Å². The van der Waals surface area contributed by atoms with Crippen LogP contribution in [0.5, 0.6) is 0 Å². The Bertz CT molecular complexity index is 273. The Labute approximate surface area is 117 Å². The highest BCUT2D eigenvalue weighted by Gasteiger charge is 2.25. The molecule has 1 amide bonds. The fourth-order valence-corrected chi connectivity index (χ4v) is 2.66. The molecule has 1 aliphatic carbocycles. The SMILES string of the molecule is CC(O)CCN(C)CC(=O)N(C)C1CCC(C)CC1. The number of hydrogen-bond acceptors (Lipinski definition) is 3. The molecule has 0 aromatic rings. The largest absolute Gasteiger partial charge is 0.393 e. The van der Waals surface area contributed by atoms with Gasteiger partial charge in [0.1, 0.15) is 0 Å². The topological polar surface area (TPSA) is 43.8 Å². The average molecular weight is 270 g/mol. The maximum absolute atomic E-state index is 12.2. The summed E-state index contributed by atoms with van der Waals surface area (Å²) < 4.78 is 0. The standard InChI is InChI=1S/C15H30N2O2/c1-12-5-7-14(8-6-12)17(4)15(19)11-16(3)10-9-13(2)18/h12-14,18H,5-11H2,1-4H3. The predicted octanol–water partition coefficient (Wildman–Crippen LogP) is 1.73. The maximum atomic E-state index is 12.2. The second kappa shape index (κ2) is 7.85. The molecule has 1 saturated carbocycles. The lowest BCUT2D eigenvalue weighted by Crippen LogP contribution is -2.44. The number of carbonyl (C=O) groups is 1. The van der Waals surface area contributed by atoms with E-state index in [1.165, 1.54) is 12.8 Å². The number of hydrogen-bond donors (Lipinski definition) is 1. The molecule has 0 saturated heterocycles. The first-order valence-electron chi connectivity index (χ1n) is 7.52. The van der Waals surface area contributed by atoms with Crippen molar-refractivity contribution in [3.8, 4) is 0 Å². The fraction of sp³-hybridized carbons (Fsp3) is 0.933. The van der Waals surface area contributed by atoms with Crippen LogP contribution in [0.15, 0.2) is 0 Å². The number of nitrogens with zero attached hydrogens (tertiary/aromatic N) is 2. The van der Waals surface area contributed by atoms with E-state index in [2.05, 4.69) is 6.92 Å². The Morgan fingerprint density at radius 1 is 1.26 bits per heavy atom. The summed E-state index contributed by atoms with van der Waals surface area (Å²) in [5, 5.41) is 9.25. The number of rotatable bonds is 6. The van der Waals surface area contributed by atoms with Crippen LogP contribution in [0.1, 0.15) is 46.0 Å². The highest BCUT2D eigenvalue weighted by Crippen LogP contribution is 2.26. The van der Waals surface area contributed by atoms with Crippen molar-refractivity contribution in [2.75, 3.05) is 27.2 Å². The van der Waals surface area contributed by atoms with Gasteiger partial charge in [0.15, 0.2) is 0 Å². The third kappa shape index (κ3) is 5.91. The van der Waals surface area contributed by atoms with Crippen LogP contribution >= 0.6 is 0 Å². The second-order valence-electron chi connectivity index (χ2n) is 6.29. The van der Waals surface area contributed by atoms with Gasteiger partial charge < -0.3 is 10.0 Å². The van der Waals surface area contributed by atoms with Gasteiger partial charge in [-0.2, -0.15) is 0 Å². The normalized spacial score (nSPS) is 25.4. The molecular formula is C15H30N2O2. The maximum Gasteiger partial charge on any atom is 0.236 e. The second-order valence-corrected chi connectivity index (χ2v) is 6.29. The zero-order valence-corrected chi connectivity index (χ0v) is 12.9. The van der Waals surface area contributed by atoms with Crippen molar-refractivity contribution >= 4 is 5.91 Å². The summed E-state index contributed by atoms with van der Waals surface area (Å²) in [6.45, 7) is 5.29. The summed E-state index contributed by atoms with van der Waals surface area (Å²) in [6, 6.07) is 0.425. The van der Waals surface area contributed by atoms with Crippen molar-refractivity contribution in [2.24, 2.45) is 5.92 Å². The Hall–Kier alpha value is -0.610. The number of carbonyl (C=O) groups excluding carboxylic acids is 1. The third-order valence-corrected chi connectivity index (χ3v) is 4.26. The zero-order chi connectivity index (χ0) is 14.4. The Balaban J connectivity index is 2.31. The van der Waals surface area contributed by atoms with Crippen LogP contribution in [-0.4, -0.2) is 60.1 Å². The van der Waals surface area contributed by atoms with Gasteiger partial charge in [-0.15, -0.1) is 0 Å². The first-order chi connectivity index (χ1) is 8.90. The molecule has 1 aliphatic rings. The summed E-state index contributed by atoms with van der Waals surface area (Å²) in [4.78, 5) is 16.1. The molecule has 0 aromatic heterocycles. The smallest absolute Gasteiger partial charge is 0.236 e. The van der Waals surface area contributed by atoms with Gasteiger partial charge in [0.05, 0.1) is 12.6 Å². The monoisotopic (exact) mass is 270 g/mol. The minimum Gasteiger partial charge on any atom is -0.393 e. The minimum atomic E-state index is -0.296. The Morgan fingerprint density at radius 3 is 2.37 bits per heavy atom. The summed E-state index contributed by atoms with van der Waals surface area (Å²) in [6.07, 6.45) is 5.17. The van der Waals surface area contributed by atoms with E-state index in [9.17, 15) is 9.90 Å². The molecule has 0 heterocycles. The zero-order valence-electron chi connectivity index (χ0n) is 12.9. The van der Waals surface area contributed by atoms with Gasteiger partial charge in [-0.3, -0.25) is 9.69 Å². The van der Waals surface area contributed by atoms with Crippen molar-refractivity contribution in [3.63, 3.8) is 0 Å². The molecule has 19 heavy (non-hydrogen) atoms. The van der Waals surface area contributed by atoms with E-state index in [0.717, 1.165) is 25.3 Å². The van der Waals surface area contributed by atoms with Crippen molar-refractivity contribution in [1.29, 1.82) is 0 Å². The van der Waals surface area contributed by atoms with Gasteiger partial charge in [-0.25, -0.2) is 0 Å². The van der Waals surface area contributed by atoms with E-state index in [-0.39, 0.29) is 12.0 Å². The summed E-state index contributed by atoms with van der Waals surface area (Å²) in [7, 11) is 3.88. The lowest BCUT2D eigenvalue weighted by Gasteiger charge is -2.34. The first kappa shape index (κ1) is 16.4. The van der Waals surface area contributed by atoms with Crippen LogP contribution in [0.4, 0.5) is 0 Å². The Kier molecular flexibility index (Phi) is 6.80. The van der Waals surface area contributed by atoms with E-state index >= 15 is 0 Å². The number of aliphatic hydroxyl groups is 1. The molecule has 4 nitrogen and oxygen atoms in total. The van der Waals surface area contributed by atoms with E-state index in [0.29, 0.717) is 19.0 Å². The molecule has 4 heteroatoms. The first-order valence-corrected chi connectivity index (χ1v) is 7.52. The molecule has 1 rings (SSSR count). The van der Waals surface area contributed by atoms with Gasteiger partial charge in [0.25, 0.3) is 0 Å². The Morgan fingerprint density at radius 2 is 1.84 bits per heavy atom. The molecule has 0 bridgehead atoms. The summed E-state index contributed by atoms with van der Waals surface area (Å²) in [5.41, 5.74) is 0. The van der Waals surface area contributed by atoms with Crippen LogP contribution in [0.3, 0.4) is 0 Å². The van der Waals surface area contributed by atoms with Crippen LogP contribution in [0.2, 0.25) is 0 Å². The quantitative estimate of drug-likeness (QED) is 0.799. The van der Waals surface area contributed by atoms with Crippen molar-refractivity contribution in [2.45, 2.75) is 58.1 Å². The molecule has 0 radical (unpaired) electrons. The third-order valence-electron chi connectivity index (χ3n) is 4.26. The van der Waals surface area contributed by atoms with Gasteiger partial charge >= 0.3 is 0 Å². The summed E-state index contributed by atoms with van der Waals surface area (Å²) >= 11 is 0. The van der Waals surface area contributed by atoms with Gasteiger partial charge in [-0.05, 0) is 52.0 Å². The van der Waals surface area contributed by atoms with Crippen molar-refractivity contribution in [3.05, 3.63) is 0 Å². The highest BCUT2D eigenvalue weighted by molar-refractivity contribution is 5.78. The number of amides is 1. The molecule has 1 unspecified atom stereocenters. The molecule has 0 aliphatic heterocycles. The fourth-order valence-electron chi connectivity index (χ4n) is 2.66. The molecule has 0 spiro atoms. The van der Waals surface area contributed by atoms with Gasteiger partial charge in [-0.1, -0.05) is 6.92 Å². The molecule has 1 fully saturated rings. The molecular weight excluding hydrogens is 240 g/mol. The van der Waals surface area contributed by atoms with E-state index in [1.807, 2.05) is 23.9 Å². The van der Waals surface area contributed by atoms with E-state index in [1.54, 1.807) is 6.92 Å². The van der Waals surface area contributed by atoms with Gasteiger partial charge in [0.2, 0.25) is 5.91 Å². The minimum absolute atomic E-state index is 0.202. The molecule has 1 atom stereocenters. The van der Waals surface area contributed by atoms with Crippen LogP contribution in [0.25, 0.3) is 0 Å². The lowest BCUT2D eigenvalue weighted by atomic mass is 9.87. The van der Waals surface area contributed by atoms with Crippen molar-refractivity contribution in [1.82, 2.24) is 9.80 Å². The molecule has 112 valence electrons. The number of aliphatic hydroxyl groups excluding tert-OH is 1. The lowest BCUT2D eigenvalue weighted by molar-refractivity contribution is -0.133. The van der Waals surface area contributed by atoms with Crippen LogP contribution in [0, 0.1) is 5.92 Å².